The molecule has 1 aliphatic rings. The smallest absolute Gasteiger partial charge is 0.223 e. The van der Waals surface area contributed by atoms with Gasteiger partial charge in [0.2, 0.25) is 5.91 Å². The van der Waals surface area contributed by atoms with Crippen LogP contribution in [0.5, 0.6) is 0 Å². The summed E-state index contributed by atoms with van der Waals surface area (Å²) in [6, 6.07) is 21.0. The Morgan fingerprint density at radius 1 is 1.06 bits per heavy atom. The normalized spacial score (nSPS) is 17.2. The first kappa shape index (κ1) is 26.2. The van der Waals surface area contributed by atoms with Crippen LogP contribution in [0.4, 0.5) is 0 Å². The van der Waals surface area contributed by atoms with Crippen LogP contribution in [-0.2, 0) is 11.2 Å². The first-order valence-corrected chi connectivity index (χ1v) is 11.4. The number of rotatable bonds is 9. The van der Waals surface area contributed by atoms with Crippen LogP contribution in [0, 0.1) is 11.8 Å². The van der Waals surface area contributed by atoms with Crippen LogP contribution in [0.25, 0.3) is 0 Å². The second-order valence-electron chi connectivity index (χ2n) is 8.74. The molecule has 1 saturated heterocycles. The molecule has 0 aromatic heterocycles. The third kappa shape index (κ3) is 7.80. The number of likely N-dealkylation sites (tertiary alicyclic amines) is 1. The molecule has 0 spiro atoms. The molecule has 174 valence electrons. The van der Waals surface area contributed by atoms with Gasteiger partial charge in [-0.1, -0.05) is 74.5 Å². The van der Waals surface area contributed by atoms with Gasteiger partial charge in [0.1, 0.15) is 0 Å². The monoisotopic (exact) mass is 548 g/mol. The molecule has 2 atom stereocenters. The van der Waals surface area contributed by atoms with Crippen molar-refractivity contribution >= 4 is 35.8 Å². The van der Waals surface area contributed by atoms with E-state index in [1.165, 1.54) is 11.1 Å². The van der Waals surface area contributed by atoms with E-state index in [0.717, 1.165) is 38.6 Å². The molecule has 2 unspecified atom stereocenters. The van der Waals surface area contributed by atoms with E-state index < -0.39 is 0 Å². The average molecular weight is 549 g/mol. The van der Waals surface area contributed by atoms with Crippen LogP contribution < -0.4 is 10.6 Å². The van der Waals surface area contributed by atoms with Crippen LogP contribution in [-0.4, -0.2) is 50.0 Å². The third-order valence-corrected chi connectivity index (χ3v) is 6.11. The van der Waals surface area contributed by atoms with E-state index in [1.807, 2.05) is 23.1 Å². The number of aliphatic imine (C=N–C) groups is 1. The van der Waals surface area contributed by atoms with E-state index in [9.17, 15) is 4.79 Å². The zero-order valence-corrected chi connectivity index (χ0v) is 21.8. The van der Waals surface area contributed by atoms with Crippen molar-refractivity contribution < 1.29 is 4.79 Å². The molecular weight excluding hydrogens is 511 g/mol. The molecule has 0 radical (unpaired) electrons. The number of benzene rings is 2. The molecule has 1 heterocycles. The first-order valence-electron chi connectivity index (χ1n) is 11.4. The zero-order valence-electron chi connectivity index (χ0n) is 19.5. The highest BCUT2D eigenvalue weighted by Gasteiger charge is 2.29. The van der Waals surface area contributed by atoms with Gasteiger partial charge in [-0.25, -0.2) is 0 Å². The lowest BCUT2D eigenvalue weighted by Crippen LogP contribution is -2.42. The van der Waals surface area contributed by atoms with Crippen LogP contribution in [0.15, 0.2) is 65.7 Å². The average Bonchev–Trinajstić information content (AvgIpc) is 3.15. The third-order valence-electron chi connectivity index (χ3n) is 6.11. The summed E-state index contributed by atoms with van der Waals surface area (Å²) in [5.41, 5.74) is 2.62. The van der Waals surface area contributed by atoms with Gasteiger partial charge >= 0.3 is 0 Å². The molecule has 3 rings (SSSR count). The van der Waals surface area contributed by atoms with E-state index in [-0.39, 0.29) is 29.9 Å². The lowest BCUT2D eigenvalue weighted by atomic mass is 9.88. The fourth-order valence-electron chi connectivity index (χ4n) is 4.22. The molecule has 0 aliphatic carbocycles. The molecule has 0 saturated carbocycles. The van der Waals surface area contributed by atoms with Crippen molar-refractivity contribution in [3.8, 4) is 0 Å². The second kappa shape index (κ2) is 13.5. The Labute approximate surface area is 210 Å². The molecule has 1 fully saturated rings. The lowest BCUT2D eigenvalue weighted by molar-refractivity contribution is -0.127. The van der Waals surface area contributed by atoms with Crippen molar-refractivity contribution in [3.05, 3.63) is 71.8 Å². The fraction of sp³-hybridized carbons (Fsp3) is 0.462. The van der Waals surface area contributed by atoms with Gasteiger partial charge in [-0.2, -0.15) is 0 Å². The standard InChI is InChI=1S/C26H36N4O.HI/c1-20(2)24(23-12-8-5-9-13-23)18-29-26(27-3)28-17-22-16-25(31)30(19-22)15-14-21-10-6-4-7-11-21;/h4-13,20,22,24H,14-19H2,1-3H3,(H2,27,28,29);1H. The summed E-state index contributed by atoms with van der Waals surface area (Å²) >= 11 is 0. The maximum absolute atomic E-state index is 12.4. The molecule has 2 aromatic rings. The Morgan fingerprint density at radius 2 is 1.72 bits per heavy atom. The van der Waals surface area contributed by atoms with Crippen molar-refractivity contribution in [1.82, 2.24) is 15.5 Å². The van der Waals surface area contributed by atoms with Crippen LogP contribution in [0.3, 0.4) is 0 Å². The minimum atomic E-state index is 0. The molecule has 2 aromatic carbocycles. The summed E-state index contributed by atoms with van der Waals surface area (Å²) in [6.45, 7) is 7.69. The van der Waals surface area contributed by atoms with E-state index >= 15 is 0 Å². The molecule has 2 N–H and O–H groups in total. The summed E-state index contributed by atoms with van der Waals surface area (Å²) in [5, 5.41) is 6.91. The predicted molar refractivity (Wildman–Crippen MR) is 144 cm³/mol. The number of hydrogen-bond acceptors (Lipinski definition) is 2. The summed E-state index contributed by atoms with van der Waals surface area (Å²) in [5.74, 6) is 2.32. The molecule has 1 aliphatic heterocycles. The van der Waals surface area contributed by atoms with Gasteiger partial charge in [0.05, 0.1) is 0 Å². The van der Waals surface area contributed by atoms with Crippen LogP contribution >= 0.6 is 24.0 Å². The number of hydrogen-bond donors (Lipinski definition) is 2. The highest BCUT2D eigenvalue weighted by molar-refractivity contribution is 14.0. The number of nitrogens with one attached hydrogen (secondary N) is 2. The Morgan fingerprint density at radius 3 is 2.34 bits per heavy atom. The summed E-state index contributed by atoms with van der Waals surface area (Å²) < 4.78 is 0. The maximum atomic E-state index is 12.4. The van der Waals surface area contributed by atoms with E-state index in [4.69, 9.17) is 0 Å². The molecule has 5 nitrogen and oxygen atoms in total. The minimum Gasteiger partial charge on any atom is -0.356 e. The van der Waals surface area contributed by atoms with Crippen molar-refractivity contribution in [2.45, 2.75) is 32.6 Å². The summed E-state index contributed by atoms with van der Waals surface area (Å²) in [7, 11) is 1.80. The fourth-order valence-corrected chi connectivity index (χ4v) is 4.22. The van der Waals surface area contributed by atoms with E-state index in [0.29, 0.717) is 24.2 Å². The molecule has 1 amide bonds. The van der Waals surface area contributed by atoms with Gasteiger partial charge in [0.25, 0.3) is 0 Å². The highest BCUT2D eigenvalue weighted by Crippen LogP contribution is 2.23. The van der Waals surface area contributed by atoms with Gasteiger partial charge in [-0.05, 0) is 23.5 Å². The largest absolute Gasteiger partial charge is 0.356 e. The Bertz CT molecular complexity index is 841. The van der Waals surface area contributed by atoms with E-state index in [1.54, 1.807) is 7.05 Å². The van der Waals surface area contributed by atoms with Gasteiger partial charge in [0, 0.05) is 51.5 Å². The van der Waals surface area contributed by atoms with Gasteiger partial charge < -0.3 is 15.5 Å². The van der Waals surface area contributed by atoms with Crippen molar-refractivity contribution in [1.29, 1.82) is 0 Å². The molecular formula is C26H37IN4O. The molecule has 6 heteroatoms. The summed E-state index contributed by atoms with van der Waals surface area (Å²) in [4.78, 5) is 18.8. The maximum Gasteiger partial charge on any atom is 0.223 e. The predicted octanol–water partition coefficient (Wildman–Crippen LogP) is 4.30. The Hall–Kier alpha value is -2.09. The van der Waals surface area contributed by atoms with Gasteiger partial charge in [-0.3, -0.25) is 9.79 Å². The zero-order chi connectivity index (χ0) is 22.1. The highest BCUT2D eigenvalue weighted by atomic mass is 127. The Balaban J connectivity index is 0.00000363. The molecule has 0 bridgehead atoms. The topological polar surface area (TPSA) is 56.7 Å². The first-order chi connectivity index (χ1) is 15.1. The van der Waals surface area contributed by atoms with Crippen molar-refractivity contribution in [2.75, 3.05) is 33.2 Å². The quantitative estimate of drug-likeness (QED) is 0.279. The number of carbonyl (C=O) groups is 1. The van der Waals surface area contributed by atoms with E-state index in [2.05, 4.69) is 71.9 Å². The number of amides is 1. The SMILES string of the molecule is CN=C(NCC1CC(=O)N(CCc2ccccc2)C1)NCC(c1ccccc1)C(C)C.I. The van der Waals surface area contributed by atoms with Gasteiger partial charge in [-0.15, -0.1) is 24.0 Å². The van der Waals surface area contributed by atoms with Crippen LogP contribution in [0.1, 0.15) is 37.3 Å². The van der Waals surface area contributed by atoms with Gasteiger partial charge in [0.15, 0.2) is 5.96 Å². The Kier molecular flexibility index (Phi) is 11.0. The lowest BCUT2D eigenvalue weighted by Gasteiger charge is -2.23. The number of guanidine groups is 1. The number of nitrogens with zero attached hydrogens (tertiary/aromatic N) is 2. The second-order valence-corrected chi connectivity index (χ2v) is 8.74. The summed E-state index contributed by atoms with van der Waals surface area (Å²) in [6.07, 6.45) is 1.52. The molecule has 32 heavy (non-hydrogen) atoms. The number of carbonyl (C=O) groups excluding carboxylic acids is 1. The number of halogens is 1. The van der Waals surface area contributed by atoms with Crippen molar-refractivity contribution in [2.24, 2.45) is 16.8 Å². The van der Waals surface area contributed by atoms with Crippen LogP contribution in [0.2, 0.25) is 0 Å². The van der Waals surface area contributed by atoms with Crippen molar-refractivity contribution in [3.63, 3.8) is 0 Å². The minimum absolute atomic E-state index is 0.